The quantitative estimate of drug-likeness (QED) is 0.738. The number of benzene rings is 1. The fourth-order valence-corrected chi connectivity index (χ4v) is 1.54. The Kier molecular flexibility index (Phi) is 4.81. The van der Waals surface area contributed by atoms with Crippen LogP contribution in [0, 0.1) is 0 Å². The lowest BCUT2D eigenvalue weighted by molar-refractivity contribution is -0.122. The predicted octanol–water partition coefficient (Wildman–Crippen LogP) is 3.39. The van der Waals surface area contributed by atoms with Crippen molar-refractivity contribution in [2.45, 2.75) is 32.8 Å². The summed E-state index contributed by atoms with van der Waals surface area (Å²) in [7, 11) is 0. The maximum atomic E-state index is 11.3. The van der Waals surface area contributed by atoms with Gasteiger partial charge in [-0.2, -0.15) is 0 Å². The van der Waals surface area contributed by atoms with Gasteiger partial charge in [0.1, 0.15) is 5.75 Å². The molecule has 2 nitrogen and oxygen atoms in total. The van der Waals surface area contributed by atoms with E-state index < -0.39 is 6.10 Å². The van der Waals surface area contributed by atoms with Crippen LogP contribution in [0.3, 0.4) is 0 Å². The van der Waals surface area contributed by atoms with Crippen LogP contribution in [0.25, 0.3) is 0 Å². The van der Waals surface area contributed by atoms with Gasteiger partial charge >= 0.3 is 0 Å². The van der Waals surface area contributed by atoms with Gasteiger partial charge in [0, 0.05) is 0 Å². The first-order chi connectivity index (χ1) is 7.54. The predicted molar refractivity (Wildman–Crippen MR) is 66.3 cm³/mol. The highest BCUT2D eigenvalue weighted by atomic mass is 35.5. The molecule has 0 amide bonds. The van der Waals surface area contributed by atoms with Crippen LogP contribution in [-0.2, 0) is 4.79 Å². The SMILES string of the molecule is CC(Oc1cccc(C(C)C)c1)C(=O)CCl. The number of hydrogen-bond donors (Lipinski definition) is 0. The van der Waals surface area contributed by atoms with Gasteiger partial charge < -0.3 is 4.74 Å². The Hall–Kier alpha value is -1.02. The number of carbonyl (C=O) groups is 1. The van der Waals surface area contributed by atoms with E-state index in [1.165, 1.54) is 5.56 Å². The van der Waals surface area contributed by atoms with E-state index in [1.807, 2.05) is 24.3 Å². The van der Waals surface area contributed by atoms with Crippen LogP contribution >= 0.6 is 11.6 Å². The molecule has 1 unspecified atom stereocenters. The van der Waals surface area contributed by atoms with E-state index in [1.54, 1.807) is 6.92 Å². The van der Waals surface area contributed by atoms with Crippen molar-refractivity contribution in [1.82, 2.24) is 0 Å². The van der Waals surface area contributed by atoms with Crippen molar-refractivity contribution in [1.29, 1.82) is 0 Å². The molecule has 0 aromatic heterocycles. The molecule has 0 radical (unpaired) electrons. The van der Waals surface area contributed by atoms with Gasteiger partial charge in [-0.15, -0.1) is 11.6 Å². The third kappa shape index (κ3) is 3.53. The minimum atomic E-state index is -0.486. The minimum Gasteiger partial charge on any atom is -0.483 e. The van der Waals surface area contributed by atoms with Crippen LogP contribution in [0.1, 0.15) is 32.3 Å². The first kappa shape index (κ1) is 13.0. The van der Waals surface area contributed by atoms with Crippen molar-refractivity contribution in [3.63, 3.8) is 0 Å². The molecule has 0 saturated heterocycles. The summed E-state index contributed by atoms with van der Waals surface area (Å²) < 4.78 is 5.52. The molecule has 0 aliphatic heterocycles. The second-order valence-electron chi connectivity index (χ2n) is 4.09. The number of ketones is 1. The van der Waals surface area contributed by atoms with Gasteiger partial charge in [0.25, 0.3) is 0 Å². The van der Waals surface area contributed by atoms with Crippen LogP contribution in [-0.4, -0.2) is 17.8 Å². The molecule has 1 aromatic carbocycles. The number of ether oxygens (including phenoxy) is 1. The Morgan fingerprint density at radius 2 is 2.06 bits per heavy atom. The minimum absolute atomic E-state index is 0.00889. The first-order valence-electron chi connectivity index (χ1n) is 5.40. The molecular weight excluding hydrogens is 224 g/mol. The molecular formula is C13H17ClO2. The summed E-state index contributed by atoms with van der Waals surface area (Å²) in [5.74, 6) is 1.06. The van der Waals surface area contributed by atoms with E-state index in [2.05, 4.69) is 13.8 Å². The fraction of sp³-hybridized carbons (Fsp3) is 0.462. The van der Waals surface area contributed by atoms with Crippen LogP contribution in [0.15, 0.2) is 24.3 Å². The zero-order valence-corrected chi connectivity index (χ0v) is 10.6. The maximum absolute atomic E-state index is 11.3. The van der Waals surface area contributed by atoms with Crippen LogP contribution in [0.4, 0.5) is 0 Å². The summed E-state index contributed by atoms with van der Waals surface area (Å²) in [5.41, 5.74) is 1.20. The van der Waals surface area contributed by atoms with Crippen molar-refractivity contribution >= 4 is 17.4 Å². The van der Waals surface area contributed by atoms with Gasteiger partial charge in [-0.3, -0.25) is 4.79 Å². The lowest BCUT2D eigenvalue weighted by Crippen LogP contribution is -2.24. The molecule has 0 aliphatic rings. The smallest absolute Gasteiger partial charge is 0.187 e. The fourth-order valence-electron chi connectivity index (χ4n) is 1.33. The zero-order chi connectivity index (χ0) is 12.1. The number of hydrogen-bond acceptors (Lipinski definition) is 2. The Balaban J connectivity index is 2.74. The van der Waals surface area contributed by atoms with Gasteiger partial charge in [-0.05, 0) is 30.5 Å². The molecule has 3 heteroatoms. The zero-order valence-electron chi connectivity index (χ0n) is 9.87. The highest BCUT2D eigenvalue weighted by Crippen LogP contribution is 2.21. The average Bonchev–Trinajstić information content (AvgIpc) is 2.28. The molecule has 0 aliphatic carbocycles. The van der Waals surface area contributed by atoms with E-state index in [4.69, 9.17) is 16.3 Å². The van der Waals surface area contributed by atoms with Crippen LogP contribution in [0.5, 0.6) is 5.75 Å². The molecule has 1 atom stereocenters. The third-order valence-electron chi connectivity index (χ3n) is 2.42. The Morgan fingerprint density at radius 1 is 1.38 bits per heavy atom. The lowest BCUT2D eigenvalue weighted by Gasteiger charge is -2.14. The molecule has 88 valence electrons. The second kappa shape index (κ2) is 5.90. The molecule has 0 heterocycles. The molecule has 0 bridgehead atoms. The standard InChI is InChI=1S/C13H17ClO2/c1-9(2)11-5-4-6-12(7-11)16-10(3)13(15)8-14/h4-7,9-10H,8H2,1-3H3. The third-order valence-corrected chi connectivity index (χ3v) is 2.69. The highest BCUT2D eigenvalue weighted by Gasteiger charge is 2.13. The van der Waals surface area contributed by atoms with Crippen LogP contribution < -0.4 is 4.74 Å². The van der Waals surface area contributed by atoms with E-state index in [9.17, 15) is 4.79 Å². The number of halogens is 1. The van der Waals surface area contributed by atoms with Crippen molar-refractivity contribution in [3.8, 4) is 5.75 Å². The van der Waals surface area contributed by atoms with Crippen molar-refractivity contribution in [3.05, 3.63) is 29.8 Å². The Bertz CT molecular complexity index is 361. The number of carbonyl (C=O) groups excluding carboxylic acids is 1. The van der Waals surface area contributed by atoms with Crippen molar-refractivity contribution in [2.24, 2.45) is 0 Å². The van der Waals surface area contributed by atoms with Gasteiger partial charge in [0.15, 0.2) is 11.9 Å². The summed E-state index contributed by atoms with van der Waals surface area (Å²) in [5, 5.41) is 0. The normalized spacial score (nSPS) is 12.6. The average molecular weight is 241 g/mol. The van der Waals surface area contributed by atoms with Crippen molar-refractivity contribution in [2.75, 3.05) is 5.88 Å². The van der Waals surface area contributed by atoms with E-state index in [0.717, 1.165) is 5.75 Å². The largest absolute Gasteiger partial charge is 0.483 e. The molecule has 0 N–H and O–H groups in total. The summed E-state index contributed by atoms with van der Waals surface area (Å²) in [6.45, 7) is 5.95. The summed E-state index contributed by atoms with van der Waals surface area (Å²) in [6.07, 6.45) is -0.486. The lowest BCUT2D eigenvalue weighted by atomic mass is 10.0. The van der Waals surface area contributed by atoms with E-state index in [-0.39, 0.29) is 11.7 Å². The summed E-state index contributed by atoms with van der Waals surface area (Å²) in [6, 6.07) is 7.79. The molecule has 0 saturated carbocycles. The molecule has 0 fully saturated rings. The van der Waals surface area contributed by atoms with Gasteiger partial charge in [0.2, 0.25) is 0 Å². The van der Waals surface area contributed by atoms with Crippen molar-refractivity contribution < 1.29 is 9.53 Å². The molecule has 1 rings (SSSR count). The van der Waals surface area contributed by atoms with Gasteiger partial charge in [-0.25, -0.2) is 0 Å². The van der Waals surface area contributed by atoms with E-state index >= 15 is 0 Å². The highest BCUT2D eigenvalue weighted by molar-refractivity contribution is 6.28. The Morgan fingerprint density at radius 3 is 2.62 bits per heavy atom. The maximum Gasteiger partial charge on any atom is 0.187 e. The molecule has 16 heavy (non-hydrogen) atoms. The molecule has 1 aromatic rings. The number of rotatable bonds is 5. The topological polar surface area (TPSA) is 26.3 Å². The van der Waals surface area contributed by atoms with Gasteiger partial charge in [-0.1, -0.05) is 26.0 Å². The summed E-state index contributed by atoms with van der Waals surface area (Å²) >= 11 is 5.47. The molecule has 0 spiro atoms. The summed E-state index contributed by atoms with van der Waals surface area (Å²) in [4.78, 5) is 11.3. The first-order valence-corrected chi connectivity index (χ1v) is 5.93. The number of Topliss-reactive ketones (excluding diaryl/α,β-unsaturated/α-hetero) is 1. The second-order valence-corrected chi connectivity index (χ2v) is 4.35. The van der Waals surface area contributed by atoms with Crippen LogP contribution in [0.2, 0.25) is 0 Å². The number of alkyl halides is 1. The van der Waals surface area contributed by atoms with Gasteiger partial charge in [0.05, 0.1) is 5.88 Å². The van der Waals surface area contributed by atoms with E-state index in [0.29, 0.717) is 5.92 Å². The Labute approximate surface area is 102 Å². The monoisotopic (exact) mass is 240 g/mol.